The topological polar surface area (TPSA) is 46.9 Å². The Balaban J connectivity index is 1.69. The molecule has 1 aromatic heterocycles. The number of fused-ring (bicyclic) bond motifs is 1. The molecule has 1 N–H and O–H groups in total. The maximum absolute atomic E-state index is 12.3. The lowest BCUT2D eigenvalue weighted by molar-refractivity contribution is 0.0931. The first-order valence-electron chi connectivity index (χ1n) is 7.00. The second-order valence-electron chi connectivity index (χ2n) is 5.54. The Morgan fingerprint density at radius 3 is 3.00 bits per heavy atom. The summed E-state index contributed by atoms with van der Waals surface area (Å²) in [6.07, 6.45) is 5.56. The third-order valence-corrected chi connectivity index (χ3v) is 4.08. The molecular formula is C16H19N3O. The molecule has 0 saturated carbocycles. The van der Waals surface area contributed by atoms with Gasteiger partial charge in [0, 0.05) is 36.5 Å². The average molecular weight is 269 g/mol. The van der Waals surface area contributed by atoms with E-state index in [0.29, 0.717) is 0 Å². The first kappa shape index (κ1) is 12.9. The van der Waals surface area contributed by atoms with Crippen molar-refractivity contribution in [2.45, 2.75) is 39.3 Å². The quantitative estimate of drug-likeness (QED) is 0.909. The molecule has 2 aromatic rings. The number of carbonyl (C=O) groups is 1. The van der Waals surface area contributed by atoms with Crippen LogP contribution < -0.4 is 5.32 Å². The van der Waals surface area contributed by atoms with Crippen LogP contribution in [0.15, 0.2) is 30.7 Å². The van der Waals surface area contributed by atoms with Crippen molar-refractivity contribution in [2.24, 2.45) is 0 Å². The van der Waals surface area contributed by atoms with Crippen molar-refractivity contribution < 1.29 is 4.79 Å². The van der Waals surface area contributed by atoms with Gasteiger partial charge in [0.1, 0.15) is 0 Å². The van der Waals surface area contributed by atoms with Crippen LogP contribution in [0.25, 0.3) is 0 Å². The van der Waals surface area contributed by atoms with E-state index >= 15 is 0 Å². The van der Waals surface area contributed by atoms with E-state index in [2.05, 4.69) is 21.8 Å². The molecule has 1 aliphatic rings. The molecule has 0 bridgehead atoms. The highest BCUT2D eigenvalue weighted by atomic mass is 16.1. The smallest absolute Gasteiger partial charge is 0.251 e. The van der Waals surface area contributed by atoms with Crippen LogP contribution in [0.1, 0.15) is 33.6 Å². The summed E-state index contributed by atoms with van der Waals surface area (Å²) in [4.78, 5) is 16.4. The summed E-state index contributed by atoms with van der Waals surface area (Å²) in [5.41, 5.74) is 4.30. The van der Waals surface area contributed by atoms with Crippen molar-refractivity contribution in [3.63, 3.8) is 0 Å². The van der Waals surface area contributed by atoms with Gasteiger partial charge in [-0.05, 0) is 43.5 Å². The number of aryl methyl sites for hydroxylation is 3. The number of hydrogen-bond acceptors (Lipinski definition) is 2. The van der Waals surface area contributed by atoms with Crippen LogP contribution in [0.2, 0.25) is 0 Å². The van der Waals surface area contributed by atoms with Gasteiger partial charge < -0.3 is 9.88 Å². The van der Waals surface area contributed by atoms with Gasteiger partial charge in [-0.3, -0.25) is 4.79 Å². The van der Waals surface area contributed by atoms with E-state index < -0.39 is 0 Å². The fourth-order valence-corrected chi connectivity index (χ4v) is 2.64. The molecule has 1 atom stereocenters. The molecular weight excluding hydrogens is 250 g/mol. The van der Waals surface area contributed by atoms with Gasteiger partial charge in [-0.2, -0.15) is 0 Å². The fraction of sp³-hybridized carbons (Fsp3) is 0.375. The summed E-state index contributed by atoms with van der Waals surface area (Å²) >= 11 is 0. The zero-order valence-corrected chi connectivity index (χ0v) is 11.9. The van der Waals surface area contributed by atoms with E-state index in [4.69, 9.17) is 0 Å². The van der Waals surface area contributed by atoms with Crippen molar-refractivity contribution in [3.05, 3.63) is 53.1 Å². The van der Waals surface area contributed by atoms with Crippen LogP contribution in [0.4, 0.5) is 0 Å². The molecule has 0 spiro atoms. The van der Waals surface area contributed by atoms with Gasteiger partial charge in [-0.1, -0.05) is 6.07 Å². The summed E-state index contributed by atoms with van der Waals surface area (Å²) in [5.74, 6) is 0.0195. The molecule has 1 unspecified atom stereocenters. The monoisotopic (exact) mass is 269 g/mol. The van der Waals surface area contributed by atoms with Gasteiger partial charge in [0.15, 0.2) is 0 Å². The molecule has 2 heterocycles. The molecule has 0 radical (unpaired) electrons. The summed E-state index contributed by atoms with van der Waals surface area (Å²) in [5, 5.41) is 3.13. The van der Waals surface area contributed by atoms with Gasteiger partial charge in [-0.15, -0.1) is 0 Å². The van der Waals surface area contributed by atoms with E-state index in [0.717, 1.165) is 30.5 Å². The van der Waals surface area contributed by atoms with Gasteiger partial charge in [0.2, 0.25) is 0 Å². The van der Waals surface area contributed by atoms with Gasteiger partial charge in [0.05, 0.1) is 6.33 Å². The van der Waals surface area contributed by atoms with Gasteiger partial charge in [0.25, 0.3) is 5.91 Å². The number of nitrogens with zero attached hydrogens (tertiary/aromatic N) is 2. The molecule has 1 aliphatic heterocycles. The van der Waals surface area contributed by atoms with Crippen molar-refractivity contribution in [2.75, 3.05) is 0 Å². The molecule has 4 nitrogen and oxygen atoms in total. The van der Waals surface area contributed by atoms with Crippen LogP contribution in [0, 0.1) is 13.8 Å². The molecule has 4 heteroatoms. The zero-order valence-electron chi connectivity index (χ0n) is 11.9. The highest BCUT2D eigenvalue weighted by Crippen LogP contribution is 2.15. The standard InChI is InChI=1S/C16H19N3O/c1-11-3-4-13(7-12(11)2)16(20)18-14-5-6-19-10-17-9-15(19)8-14/h3-4,7,9-10,14H,5-6,8H2,1-2H3,(H,18,20). The second-order valence-corrected chi connectivity index (χ2v) is 5.54. The highest BCUT2D eigenvalue weighted by Gasteiger charge is 2.20. The molecule has 1 amide bonds. The first-order valence-corrected chi connectivity index (χ1v) is 7.00. The summed E-state index contributed by atoms with van der Waals surface area (Å²) in [6, 6.07) is 6.05. The molecule has 104 valence electrons. The molecule has 20 heavy (non-hydrogen) atoms. The minimum Gasteiger partial charge on any atom is -0.349 e. The SMILES string of the molecule is Cc1ccc(C(=O)NC2CCn3cncc3C2)cc1C. The molecule has 3 rings (SSSR count). The fourth-order valence-electron chi connectivity index (χ4n) is 2.64. The molecule has 0 saturated heterocycles. The Morgan fingerprint density at radius 1 is 1.35 bits per heavy atom. The Morgan fingerprint density at radius 2 is 2.20 bits per heavy atom. The van der Waals surface area contributed by atoms with Gasteiger partial charge in [-0.25, -0.2) is 4.98 Å². The van der Waals surface area contributed by atoms with E-state index in [-0.39, 0.29) is 11.9 Å². The Labute approximate surface area is 118 Å². The van der Waals surface area contributed by atoms with E-state index in [1.165, 1.54) is 11.3 Å². The lowest BCUT2D eigenvalue weighted by atomic mass is 10.0. The van der Waals surface area contributed by atoms with Crippen molar-refractivity contribution >= 4 is 5.91 Å². The Kier molecular flexibility index (Phi) is 3.30. The number of amides is 1. The zero-order chi connectivity index (χ0) is 14.1. The second kappa shape index (κ2) is 5.12. The molecule has 0 fully saturated rings. The summed E-state index contributed by atoms with van der Waals surface area (Å²) in [7, 11) is 0. The van der Waals surface area contributed by atoms with Crippen LogP contribution in [-0.4, -0.2) is 21.5 Å². The number of rotatable bonds is 2. The molecule has 0 aliphatic carbocycles. The maximum Gasteiger partial charge on any atom is 0.251 e. The van der Waals surface area contributed by atoms with Crippen molar-refractivity contribution in [1.29, 1.82) is 0 Å². The molecule has 1 aromatic carbocycles. The summed E-state index contributed by atoms with van der Waals surface area (Å²) in [6.45, 7) is 5.01. The Hall–Kier alpha value is -2.10. The number of benzene rings is 1. The van der Waals surface area contributed by atoms with Crippen LogP contribution >= 0.6 is 0 Å². The van der Waals surface area contributed by atoms with Crippen molar-refractivity contribution in [1.82, 2.24) is 14.9 Å². The van der Waals surface area contributed by atoms with Crippen molar-refractivity contribution in [3.8, 4) is 0 Å². The first-order chi connectivity index (χ1) is 9.63. The lowest BCUT2D eigenvalue weighted by Crippen LogP contribution is -2.40. The number of aromatic nitrogens is 2. The predicted octanol–water partition coefficient (Wildman–Crippen LogP) is 2.24. The number of carbonyl (C=O) groups excluding carboxylic acids is 1. The predicted molar refractivity (Wildman–Crippen MR) is 77.7 cm³/mol. The highest BCUT2D eigenvalue weighted by molar-refractivity contribution is 5.94. The number of nitrogens with one attached hydrogen (secondary N) is 1. The minimum absolute atomic E-state index is 0.0195. The maximum atomic E-state index is 12.3. The van der Waals surface area contributed by atoms with Crippen LogP contribution in [0.3, 0.4) is 0 Å². The van der Waals surface area contributed by atoms with Crippen LogP contribution in [-0.2, 0) is 13.0 Å². The average Bonchev–Trinajstić information content (AvgIpc) is 2.89. The van der Waals surface area contributed by atoms with E-state index in [1.807, 2.05) is 37.6 Å². The minimum atomic E-state index is 0.0195. The van der Waals surface area contributed by atoms with Gasteiger partial charge >= 0.3 is 0 Å². The normalized spacial score (nSPS) is 17.6. The third-order valence-electron chi connectivity index (χ3n) is 4.08. The third kappa shape index (κ3) is 2.46. The largest absolute Gasteiger partial charge is 0.349 e. The number of imidazole rings is 1. The van der Waals surface area contributed by atoms with E-state index in [1.54, 1.807) is 0 Å². The van der Waals surface area contributed by atoms with Crippen LogP contribution in [0.5, 0.6) is 0 Å². The van der Waals surface area contributed by atoms with E-state index in [9.17, 15) is 4.79 Å². The Bertz CT molecular complexity index is 645. The summed E-state index contributed by atoms with van der Waals surface area (Å²) < 4.78 is 2.15. The number of hydrogen-bond donors (Lipinski definition) is 1. The lowest BCUT2D eigenvalue weighted by Gasteiger charge is -2.24.